The fourth-order valence-corrected chi connectivity index (χ4v) is 1.83. The van der Waals surface area contributed by atoms with Gasteiger partial charge in [0.15, 0.2) is 0 Å². The van der Waals surface area contributed by atoms with Crippen LogP contribution in [0.25, 0.3) is 0 Å². The van der Waals surface area contributed by atoms with Gasteiger partial charge in [-0.3, -0.25) is 9.48 Å². The number of nitrogens with zero attached hydrogens (tertiary/aromatic N) is 3. The lowest BCUT2D eigenvalue weighted by Crippen LogP contribution is -2.43. The number of aryl methyl sites for hydroxylation is 1. The van der Waals surface area contributed by atoms with Gasteiger partial charge in [-0.1, -0.05) is 0 Å². The topological polar surface area (TPSA) is 50.2 Å². The number of rotatable bonds is 2. The van der Waals surface area contributed by atoms with Gasteiger partial charge in [0.05, 0.1) is 0 Å². The molecule has 1 unspecified atom stereocenters. The lowest BCUT2D eigenvalue weighted by Gasteiger charge is -2.30. The number of piperidine rings is 1. The van der Waals surface area contributed by atoms with Crippen molar-refractivity contribution in [1.29, 1.82) is 0 Å². The van der Waals surface area contributed by atoms with Crippen molar-refractivity contribution in [3.63, 3.8) is 0 Å². The molecule has 1 aromatic heterocycles. The van der Waals surface area contributed by atoms with Crippen molar-refractivity contribution in [2.24, 2.45) is 7.05 Å². The fraction of sp³-hybridized carbons (Fsp3) is 0.600. The summed E-state index contributed by atoms with van der Waals surface area (Å²) >= 11 is 0. The normalized spacial score (nSPS) is 21.9. The van der Waals surface area contributed by atoms with E-state index in [1.165, 1.54) is 0 Å². The maximum absolute atomic E-state index is 11.3. The Morgan fingerprint density at radius 3 is 2.93 bits per heavy atom. The quantitative estimate of drug-likeness (QED) is 0.768. The number of hydrogen-bond donors (Lipinski definition) is 1. The van der Waals surface area contributed by atoms with Gasteiger partial charge in [-0.05, 0) is 6.42 Å². The largest absolute Gasteiger partial charge is 0.364 e. The SMILES string of the molecule is CN1CC(Nc2ccn(C)n2)CCC1=O. The summed E-state index contributed by atoms with van der Waals surface area (Å²) in [5.41, 5.74) is 0. The second kappa shape index (κ2) is 3.92. The molecular weight excluding hydrogens is 192 g/mol. The molecule has 1 fully saturated rings. The smallest absolute Gasteiger partial charge is 0.222 e. The third-order valence-electron chi connectivity index (χ3n) is 2.69. The van der Waals surface area contributed by atoms with Crippen LogP contribution in [0.5, 0.6) is 0 Å². The van der Waals surface area contributed by atoms with E-state index in [-0.39, 0.29) is 5.91 Å². The Morgan fingerprint density at radius 1 is 1.53 bits per heavy atom. The highest BCUT2D eigenvalue weighted by Gasteiger charge is 2.22. The van der Waals surface area contributed by atoms with Crippen LogP contribution >= 0.6 is 0 Å². The van der Waals surface area contributed by atoms with E-state index in [9.17, 15) is 4.79 Å². The van der Waals surface area contributed by atoms with Gasteiger partial charge in [0.2, 0.25) is 5.91 Å². The first kappa shape index (κ1) is 10.0. The Labute approximate surface area is 89.1 Å². The zero-order chi connectivity index (χ0) is 10.8. The van der Waals surface area contributed by atoms with Gasteiger partial charge >= 0.3 is 0 Å². The minimum Gasteiger partial charge on any atom is -0.364 e. The summed E-state index contributed by atoms with van der Waals surface area (Å²) in [6, 6.07) is 2.26. The Morgan fingerprint density at radius 2 is 2.33 bits per heavy atom. The molecule has 5 heteroatoms. The van der Waals surface area contributed by atoms with Gasteiger partial charge in [-0.2, -0.15) is 5.10 Å². The number of carbonyl (C=O) groups excluding carboxylic acids is 1. The van der Waals surface area contributed by atoms with Gasteiger partial charge < -0.3 is 10.2 Å². The minimum atomic E-state index is 0.231. The maximum atomic E-state index is 11.3. The van der Waals surface area contributed by atoms with Crippen molar-refractivity contribution in [3.05, 3.63) is 12.3 Å². The molecule has 0 bridgehead atoms. The van der Waals surface area contributed by atoms with Crippen molar-refractivity contribution >= 4 is 11.7 Å². The molecule has 1 N–H and O–H groups in total. The number of likely N-dealkylation sites (N-methyl/N-ethyl adjacent to an activating group) is 1. The van der Waals surface area contributed by atoms with E-state index in [1.54, 1.807) is 9.58 Å². The molecule has 2 heterocycles. The zero-order valence-corrected chi connectivity index (χ0v) is 9.10. The second-order valence-electron chi connectivity index (χ2n) is 4.03. The molecule has 15 heavy (non-hydrogen) atoms. The molecule has 1 aliphatic heterocycles. The summed E-state index contributed by atoms with van der Waals surface area (Å²) in [7, 11) is 3.73. The van der Waals surface area contributed by atoms with E-state index in [1.807, 2.05) is 26.4 Å². The molecule has 0 aliphatic carbocycles. The Bertz CT molecular complexity index is 360. The van der Waals surface area contributed by atoms with Crippen LogP contribution in [0.2, 0.25) is 0 Å². The van der Waals surface area contributed by atoms with Crippen LogP contribution in [0.15, 0.2) is 12.3 Å². The summed E-state index contributed by atoms with van der Waals surface area (Å²) in [5, 5.41) is 7.58. The predicted molar refractivity (Wildman–Crippen MR) is 57.5 cm³/mol. The number of amides is 1. The molecule has 1 aliphatic rings. The van der Waals surface area contributed by atoms with Crippen LogP contribution < -0.4 is 5.32 Å². The van der Waals surface area contributed by atoms with Crippen molar-refractivity contribution < 1.29 is 4.79 Å². The van der Waals surface area contributed by atoms with Crippen molar-refractivity contribution in [3.8, 4) is 0 Å². The van der Waals surface area contributed by atoms with Crippen LogP contribution in [-0.2, 0) is 11.8 Å². The molecule has 1 amide bonds. The average molecular weight is 208 g/mol. The third kappa shape index (κ3) is 2.29. The van der Waals surface area contributed by atoms with E-state index in [0.717, 1.165) is 18.8 Å². The van der Waals surface area contributed by atoms with Crippen molar-refractivity contribution in [1.82, 2.24) is 14.7 Å². The highest BCUT2D eigenvalue weighted by Crippen LogP contribution is 2.14. The third-order valence-corrected chi connectivity index (χ3v) is 2.69. The number of aromatic nitrogens is 2. The predicted octanol–water partition coefficient (Wildman–Crippen LogP) is 0.453. The van der Waals surface area contributed by atoms with Crippen LogP contribution in [0, 0.1) is 0 Å². The minimum absolute atomic E-state index is 0.231. The first-order chi connectivity index (χ1) is 7.15. The highest BCUT2D eigenvalue weighted by atomic mass is 16.2. The molecule has 5 nitrogen and oxygen atoms in total. The van der Waals surface area contributed by atoms with Gasteiger partial charge in [0, 0.05) is 45.4 Å². The van der Waals surface area contributed by atoms with Crippen LogP contribution in [0.3, 0.4) is 0 Å². The molecule has 0 saturated carbocycles. The van der Waals surface area contributed by atoms with E-state index in [4.69, 9.17) is 0 Å². The molecule has 0 aromatic carbocycles. The first-order valence-electron chi connectivity index (χ1n) is 5.15. The van der Waals surface area contributed by atoms with Gasteiger partial charge in [-0.15, -0.1) is 0 Å². The maximum Gasteiger partial charge on any atom is 0.222 e. The number of carbonyl (C=O) groups is 1. The summed E-state index contributed by atoms with van der Waals surface area (Å²) in [6.07, 6.45) is 3.42. The summed E-state index contributed by atoms with van der Waals surface area (Å²) in [5.74, 6) is 1.11. The van der Waals surface area contributed by atoms with E-state index in [0.29, 0.717) is 12.5 Å². The second-order valence-corrected chi connectivity index (χ2v) is 4.03. The molecule has 0 radical (unpaired) electrons. The van der Waals surface area contributed by atoms with Gasteiger partial charge in [0.25, 0.3) is 0 Å². The van der Waals surface area contributed by atoms with E-state index < -0.39 is 0 Å². The van der Waals surface area contributed by atoms with Gasteiger partial charge in [0.1, 0.15) is 5.82 Å². The molecule has 1 saturated heterocycles. The lowest BCUT2D eigenvalue weighted by molar-refractivity contribution is -0.132. The number of hydrogen-bond acceptors (Lipinski definition) is 3. The van der Waals surface area contributed by atoms with Crippen LogP contribution in [0.1, 0.15) is 12.8 Å². The first-order valence-corrected chi connectivity index (χ1v) is 5.15. The van der Waals surface area contributed by atoms with Crippen LogP contribution in [-0.4, -0.2) is 40.2 Å². The monoisotopic (exact) mass is 208 g/mol. The zero-order valence-electron chi connectivity index (χ0n) is 9.10. The Hall–Kier alpha value is -1.52. The number of anilines is 1. The average Bonchev–Trinajstić information content (AvgIpc) is 2.58. The number of likely N-dealkylation sites (tertiary alicyclic amines) is 1. The van der Waals surface area contributed by atoms with E-state index >= 15 is 0 Å². The fourth-order valence-electron chi connectivity index (χ4n) is 1.83. The lowest BCUT2D eigenvalue weighted by atomic mass is 10.1. The van der Waals surface area contributed by atoms with Crippen LogP contribution in [0.4, 0.5) is 5.82 Å². The molecular formula is C10H16N4O. The standard InChI is InChI=1S/C10H16N4O/c1-13-7-8(3-4-10(13)15)11-9-5-6-14(2)12-9/h5-6,8H,3-4,7H2,1-2H3,(H,11,12). The molecule has 2 rings (SSSR count). The molecule has 82 valence electrons. The summed E-state index contributed by atoms with van der Waals surface area (Å²) in [4.78, 5) is 13.0. The van der Waals surface area contributed by atoms with Crippen molar-refractivity contribution in [2.45, 2.75) is 18.9 Å². The number of nitrogens with one attached hydrogen (secondary N) is 1. The Kier molecular flexibility index (Phi) is 2.62. The van der Waals surface area contributed by atoms with Crippen molar-refractivity contribution in [2.75, 3.05) is 18.9 Å². The highest BCUT2D eigenvalue weighted by molar-refractivity contribution is 5.76. The van der Waals surface area contributed by atoms with Gasteiger partial charge in [-0.25, -0.2) is 0 Å². The Balaban J connectivity index is 1.93. The summed E-state index contributed by atoms with van der Waals surface area (Å²) in [6.45, 7) is 0.759. The molecule has 1 atom stereocenters. The summed E-state index contributed by atoms with van der Waals surface area (Å²) < 4.78 is 1.76. The van der Waals surface area contributed by atoms with E-state index in [2.05, 4.69) is 10.4 Å². The molecule has 0 spiro atoms. The molecule has 1 aromatic rings.